The third-order valence-corrected chi connectivity index (χ3v) is 2.78. The minimum Gasteiger partial charge on any atom is -0.485 e. The van der Waals surface area contributed by atoms with Crippen molar-refractivity contribution >= 4 is 0 Å². The molecule has 0 unspecified atom stereocenters. The van der Waals surface area contributed by atoms with Crippen molar-refractivity contribution in [1.82, 2.24) is 20.6 Å². The third kappa shape index (κ3) is 4.31. The summed E-state index contributed by atoms with van der Waals surface area (Å²) in [7, 11) is 0. The summed E-state index contributed by atoms with van der Waals surface area (Å²) in [5, 5.41) is 10.8. The minimum atomic E-state index is 0.335. The molecule has 0 saturated heterocycles. The highest BCUT2D eigenvalue weighted by Gasteiger charge is 2.06. The molecule has 0 saturated carbocycles. The summed E-state index contributed by atoms with van der Waals surface area (Å²) in [4.78, 5) is 4.35. The predicted molar refractivity (Wildman–Crippen MR) is 74.1 cm³/mol. The van der Waals surface area contributed by atoms with Crippen LogP contribution in [-0.2, 0) is 13.2 Å². The van der Waals surface area contributed by atoms with Crippen molar-refractivity contribution < 1.29 is 9.37 Å². The Kier molecular flexibility index (Phi) is 5.06. The molecule has 2 aromatic rings. The molecule has 20 heavy (non-hydrogen) atoms. The maximum Gasteiger partial charge on any atom is 0.145 e. The molecule has 0 spiro atoms. The molecule has 6 heteroatoms. The first-order chi connectivity index (χ1) is 9.65. The van der Waals surface area contributed by atoms with Gasteiger partial charge in [0, 0.05) is 6.54 Å². The van der Waals surface area contributed by atoms with Gasteiger partial charge in [-0.2, -0.15) is 0 Å². The number of rotatable bonds is 7. The zero-order valence-electron chi connectivity index (χ0n) is 12.1. The minimum absolute atomic E-state index is 0.335. The summed E-state index contributed by atoms with van der Waals surface area (Å²) >= 11 is 0. The van der Waals surface area contributed by atoms with Crippen LogP contribution in [-0.4, -0.2) is 21.8 Å². The number of ether oxygens (including phenoxy) is 1. The Balaban J connectivity index is 1.81. The molecule has 0 amide bonds. The van der Waals surface area contributed by atoms with E-state index in [0.29, 0.717) is 24.0 Å². The Morgan fingerprint density at radius 2 is 2.15 bits per heavy atom. The first-order valence-corrected chi connectivity index (χ1v) is 6.71. The molecule has 0 radical (unpaired) electrons. The van der Waals surface area contributed by atoms with E-state index in [1.807, 2.05) is 19.1 Å². The smallest absolute Gasteiger partial charge is 0.145 e. The highest BCUT2D eigenvalue weighted by molar-refractivity contribution is 5.20. The van der Waals surface area contributed by atoms with Crippen molar-refractivity contribution in [3.05, 3.63) is 35.4 Å². The Bertz CT molecular complexity index is 522. The molecule has 108 valence electrons. The quantitative estimate of drug-likeness (QED) is 0.835. The van der Waals surface area contributed by atoms with E-state index in [4.69, 9.17) is 4.74 Å². The first kappa shape index (κ1) is 14.5. The maximum atomic E-state index is 5.58. The molecular formula is C14H20N4O2. The number of hydrogen-bond donors (Lipinski definition) is 1. The molecule has 1 N–H and O–H groups in total. The number of hydrogen-bond acceptors (Lipinski definition) is 6. The fourth-order valence-electron chi connectivity index (χ4n) is 1.62. The Morgan fingerprint density at radius 1 is 1.30 bits per heavy atom. The van der Waals surface area contributed by atoms with Gasteiger partial charge in [-0.25, -0.2) is 4.63 Å². The Labute approximate surface area is 118 Å². The summed E-state index contributed by atoms with van der Waals surface area (Å²) in [5.41, 5.74) is 2.44. The molecule has 0 aliphatic carbocycles. The van der Waals surface area contributed by atoms with Crippen molar-refractivity contribution in [2.24, 2.45) is 5.92 Å². The summed E-state index contributed by atoms with van der Waals surface area (Å²) in [6.07, 6.45) is 1.72. The predicted octanol–water partition coefficient (Wildman–Crippen LogP) is 2.10. The van der Waals surface area contributed by atoms with Crippen LogP contribution < -0.4 is 10.1 Å². The van der Waals surface area contributed by atoms with Gasteiger partial charge in [-0.1, -0.05) is 24.2 Å². The van der Waals surface area contributed by atoms with Gasteiger partial charge in [0.25, 0.3) is 0 Å². The molecule has 6 nitrogen and oxygen atoms in total. The van der Waals surface area contributed by atoms with E-state index in [9.17, 15) is 0 Å². The van der Waals surface area contributed by atoms with E-state index in [-0.39, 0.29) is 0 Å². The van der Waals surface area contributed by atoms with E-state index in [0.717, 1.165) is 24.5 Å². The lowest BCUT2D eigenvalue weighted by Crippen LogP contribution is -2.19. The van der Waals surface area contributed by atoms with Crippen molar-refractivity contribution in [2.45, 2.75) is 33.9 Å². The van der Waals surface area contributed by atoms with Crippen molar-refractivity contribution in [3.63, 3.8) is 0 Å². The molecule has 2 heterocycles. The second-order valence-electron chi connectivity index (χ2n) is 5.09. The maximum absolute atomic E-state index is 5.58. The first-order valence-electron chi connectivity index (χ1n) is 6.71. The van der Waals surface area contributed by atoms with Gasteiger partial charge in [0.15, 0.2) is 0 Å². The van der Waals surface area contributed by atoms with E-state index < -0.39 is 0 Å². The van der Waals surface area contributed by atoms with Crippen molar-refractivity contribution in [2.75, 3.05) is 6.54 Å². The van der Waals surface area contributed by atoms with Crippen molar-refractivity contribution in [3.8, 4) is 5.75 Å². The van der Waals surface area contributed by atoms with Crippen LogP contribution in [0.4, 0.5) is 0 Å². The Hall–Kier alpha value is -1.95. The largest absolute Gasteiger partial charge is 0.485 e. The molecule has 0 aromatic carbocycles. The van der Waals surface area contributed by atoms with Crippen LogP contribution in [0.15, 0.2) is 23.0 Å². The number of nitrogens with zero attached hydrogens (tertiary/aromatic N) is 3. The van der Waals surface area contributed by atoms with Crippen LogP contribution in [0, 0.1) is 12.8 Å². The van der Waals surface area contributed by atoms with Crippen LogP contribution in [0.3, 0.4) is 0 Å². The Morgan fingerprint density at radius 3 is 2.75 bits per heavy atom. The second-order valence-corrected chi connectivity index (χ2v) is 5.09. The lowest BCUT2D eigenvalue weighted by molar-refractivity contribution is 0.269. The molecule has 0 aliphatic rings. The number of aromatic nitrogens is 3. The zero-order valence-corrected chi connectivity index (χ0v) is 12.1. The number of nitrogens with one attached hydrogen (secondary N) is 1. The van der Waals surface area contributed by atoms with Crippen LogP contribution in [0.2, 0.25) is 0 Å². The molecular weight excluding hydrogens is 256 g/mol. The van der Waals surface area contributed by atoms with E-state index in [1.54, 1.807) is 6.20 Å². The summed E-state index contributed by atoms with van der Waals surface area (Å²) in [6, 6.07) is 3.86. The fraction of sp³-hybridized carbons (Fsp3) is 0.500. The average Bonchev–Trinajstić information content (AvgIpc) is 2.83. The number of aryl methyl sites for hydroxylation is 1. The third-order valence-electron chi connectivity index (χ3n) is 2.78. The van der Waals surface area contributed by atoms with Crippen LogP contribution >= 0.6 is 0 Å². The number of pyridine rings is 1. The van der Waals surface area contributed by atoms with Gasteiger partial charge in [0.05, 0.1) is 11.9 Å². The normalized spacial score (nSPS) is 11.0. The average molecular weight is 276 g/mol. The van der Waals surface area contributed by atoms with Gasteiger partial charge in [-0.15, -0.1) is 0 Å². The molecule has 2 aromatic heterocycles. The standard InChI is InChI=1S/C14H20N4O2/c1-10(2)6-15-7-12-4-5-13(8-16-12)19-9-14-11(3)17-20-18-14/h4-5,8,10,15H,6-7,9H2,1-3H3. The molecule has 0 fully saturated rings. The van der Waals surface area contributed by atoms with Gasteiger partial charge in [-0.3, -0.25) is 4.98 Å². The highest BCUT2D eigenvalue weighted by atomic mass is 16.6. The second kappa shape index (κ2) is 7.00. The lowest BCUT2D eigenvalue weighted by Gasteiger charge is -2.08. The highest BCUT2D eigenvalue weighted by Crippen LogP contribution is 2.12. The summed E-state index contributed by atoms with van der Waals surface area (Å²) in [5.74, 6) is 1.34. The van der Waals surface area contributed by atoms with Crippen LogP contribution in [0.25, 0.3) is 0 Å². The monoisotopic (exact) mass is 276 g/mol. The van der Waals surface area contributed by atoms with Crippen LogP contribution in [0.1, 0.15) is 30.9 Å². The van der Waals surface area contributed by atoms with E-state index in [1.165, 1.54) is 0 Å². The van der Waals surface area contributed by atoms with Gasteiger partial charge in [-0.05, 0) is 31.5 Å². The van der Waals surface area contributed by atoms with Crippen molar-refractivity contribution in [1.29, 1.82) is 0 Å². The molecule has 0 aliphatic heterocycles. The van der Waals surface area contributed by atoms with Gasteiger partial charge in [0.2, 0.25) is 0 Å². The fourth-order valence-corrected chi connectivity index (χ4v) is 1.62. The zero-order chi connectivity index (χ0) is 14.4. The van der Waals surface area contributed by atoms with Crippen LogP contribution in [0.5, 0.6) is 5.75 Å². The molecule has 0 bridgehead atoms. The molecule has 2 rings (SSSR count). The van der Waals surface area contributed by atoms with Gasteiger partial charge in [0.1, 0.15) is 23.7 Å². The molecule has 0 atom stereocenters. The van der Waals surface area contributed by atoms with Gasteiger partial charge < -0.3 is 10.1 Å². The SMILES string of the molecule is Cc1nonc1COc1ccc(CNCC(C)C)nc1. The summed E-state index contributed by atoms with van der Waals surface area (Å²) in [6.45, 7) is 8.28. The topological polar surface area (TPSA) is 73.1 Å². The lowest BCUT2D eigenvalue weighted by atomic mass is 10.2. The van der Waals surface area contributed by atoms with Gasteiger partial charge >= 0.3 is 0 Å². The van der Waals surface area contributed by atoms with E-state index >= 15 is 0 Å². The van der Waals surface area contributed by atoms with E-state index in [2.05, 4.69) is 39.1 Å². The summed E-state index contributed by atoms with van der Waals surface area (Å²) < 4.78 is 10.2.